The van der Waals surface area contributed by atoms with E-state index in [9.17, 15) is 4.79 Å². The number of thiazole rings is 1. The summed E-state index contributed by atoms with van der Waals surface area (Å²) in [5.41, 5.74) is 0.160. The lowest BCUT2D eigenvalue weighted by Gasteiger charge is -2.19. The molecule has 5 nitrogen and oxygen atoms in total. The molecule has 20 heavy (non-hydrogen) atoms. The number of hydrogen-bond acceptors (Lipinski definition) is 5. The van der Waals surface area contributed by atoms with Crippen LogP contribution in [0.15, 0.2) is 0 Å². The molecule has 6 heteroatoms. The number of hydrogen-bond donors (Lipinski definition) is 2. The quantitative estimate of drug-likeness (QED) is 0.733. The van der Waals surface area contributed by atoms with E-state index in [2.05, 4.69) is 36.0 Å². The van der Waals surface area contributed by atoms with Crippen LogP contribution in [0.3, 0.4) is 0 Å². The minimum absolute atomic E-state index is 0.160. The van der Waals surface area contributed by atoms with Crippen molar-refractivity contribution in [3.63, 3.8) is 0 Å². The SMILES string of the molecule is CCN(CC)CCCC(C)Nc1nc(C(=O)O)c(C)s1. The molecule has 114 valence electrons. The van der Waals surface area contributed by atoms with Crippen molar-refractivity contribution in [2.75, 3.05) is 25.0 Å². The lowest BCUT2D eigenvalue weighted by molar-refractivity contribution is 0.0690. The molecule has 0 fully saturated rings. The Morgan fingerprint density at radius 2 is 2.10 bits per heavy atom. The summed E-state index contributed by atoms with van der Waals surface area (Å²) in [5.74, 6) is -0.957. The van der Waals surface area contributed by atoms with Gasteiger partial charge < -0.3 is 15.3 Å². The molecule has 0 aromatic carbocycles. The topological polar surface area (TPSA) is 65.5 Å². The third-order valence-electron chi connectivity index (χ3n) is 3.37. The fraction of sp³-hybridized carbons (Fsp3) is 0.714. The molecule has 1 aromatic heterocycles. The van der Waals surface area contributed by atoms with E-state index in [-0.39, 0.29) is 5.69 Å². The molecular weight excluding hydrogens is 274 g/mol. The van der Waals surface area contributed by atoms with Gasteiger partial charge in [-0.25, -0.2) is 9.78 Å². The van der Waals surface area contributed by atoms with Gasteiger partial charge in [0, 0.05) is 10.9 Å². The Balaban J connectivity index is 2.40. The average Bonchev–Trinajstić information content (AvgIpc) is 2.75. The van der Waals surface area contributed by atoms with E-state index >= 15 is 0 Å². The van der Waals surface area contributed by atoms with Gasteiger partial charge in [-0.3, -0.25) is 0 Å². The van der Waals surface area contributed by atoms with Crippen molar-refractivity contribution in [3.05, 3.63) is 10.6 Å². The van der Waals surface area contributed by atoms with E-state index in [1.807, 2.05) is 0 Å². The molecule has 0 aliphatic heterocycles. The number of carboxylic acid groups (broad SMARTS) is 1. The zero-order chi connectivity index (χ0) is 15.1. The van der Waals surface area contributed by atoms with Gasteiger partial charge >= 0.3 is 5.97 Å². The van der Waals surface area contributed by atoms with Gasteiger partial charge in [0.15, 0.2) is 10.8 Å². The predicted molar refractivity (Wildman–Crippen MR) is 83.9 cm³/mol. The normalized spacial score (nSPS) is 12.7. The minimum atomic E-state index is -0.957. The van der Waals surface area contributed by atoms with Crippen LogP contribution >= 0.6 is 11.3 Å². The molecule has 0 radical (unpaired) electrons. The lowest BCUT2D eigenvalue weighted by atomic mass is 10.2. The van der Waals surface area contributed by atoms with Crippen LogP contribution in [0.5, 0.6) is 0 Å². The van der Waals surface area contributed by atoms with E-state index in [1.165, 1.54) is 11.3 Å². The van der Waals surface area contributed by atoms with Gasteiger partial charge in [0.1, 0.15) is 0 Å². The summed E-state index contributed by atoms with van der Waals surface area (Å²) in [6.07, 6.45) is 2.18. The third-order valence-corrected chi connectivity index (χ3v) is 4.28. The maximum absolute atomic E-state index is 10.9. The molecule has 2 N–H and O–H groups in total. The highest BCUT2D eigenvalue weighted by Gasteiger charge is 2.15. The van der Waals surface area contributed by atoms with Crippen molar-refractivity contribution in [1.82, 2.24) is 9.88 Å². The number of carbonyl (C=O) groups is 1. The number of rotatable bonds is 9. The van der Waals surface area contributed by atoms with Crippen LogP contribution < -0.4 is 5.32 Å². The zero-order valence-electron chi connectivity index (χ0n) is 12.8. The molecule has 0 aliphatic carbocycles. The van der Waals surface area contributed by atoms with E-state index in [0.717, 1.165) is 37.4 Å². The van der Waals surface area contributed by atoms with Crippen molar-refractivity contribution >= 4 is 22.4 Å². The van der Waals surface area contributed by atoms with E-state index in [1.54, 1.807) is 6.92 Å². The van der Waals surface area contributed by atoms with Gasteiger partial charge in [0.05, 0.1) is 0 Å². The monoisotopic (exact) mass is 299 g/mol. The van der Waals surface area contributed by atoms with Gasteiger partial charge in [-0.05, 0) is 46.3 Å². The zero-order valence-corrected chi connectivity index (χ0v) is 13.6. The number of carboxylic acids is 1. The number of nitrogens with one attached hydrogen (secondary N) is 1. The first-order valence-electron chi connectivity index (χ1n) is 7.17. The maximum atomic E-state index is 10.9. The Labute approximate surface area is 125 Å². The van der Waals surface area contributed by atoms with Gasteiger partial charge in [0.25, 0.3) is 0 Å². The average molecular weight is 299 g/mol. The van der Waals surface area contributed by atoms with E-state index in [4.69, 9.17) is 5.11 Å². The first kappa shape index (κ1) is 16.9. The number of aromatic carboxylic acids is 1. The summed E-state index contributed by atoms with van der Waals surface area (Å²) in [6, 6.07) is 0.303. The smallest absolute Gasteiger partial charge is 0.355 e. The third kappa shape index (κ3) is 5.09. The summed E-state index contributed by atoms with van der Waals surface area (Å²) < 4.78 is 0. The number of nitrogens with zero attached hydrogens (tertiary/aromatic N) is 2. The minimum Gasteiger partial charge on any atom is -0.476 e. The van der Waals surface area contributed by atoms with Gasteiger partial charge in [-0.15, -0.1) is 11.3 Å². The van der Waals surface area contributed by atoms with Crippen LogP contribution in [-0.4, -0.2) is 46.6 Å². The van der Waals surface area contributed by atoms with Crippen LogP contribution in [0.25, 0.3) is 0 Å². The molecular formula is C14H25N3O2S. The van der Waals surface area contributed by atoms with E-state index in [0.29, 0.717) is 11.2 Å². The molecule has 1 atom stereocenters. The van der Waals surface area contributed by atoms with Gasteiger partial charge in [0.2, 0.25) is 0 Å². The molecule has 1 aromatic rings. The molecule has 0 spiro atoms. The Morgan fingerprint density at radius 1 is 1.45 bits per heavy atom. The first-order chi connectivity index (χ1) is 9.47. The second-order valence-electron chi connectivity index (χ2n) is 4.94. The van der Waals surface area contributed by atoms with Gasteiger partial charge in [-0.1, -0.05) is 13.8 Å². The predicted octanol–water partition coefficient (Wildman–Crippen LogP) is 3.07. The lowest BCUT2D eigenvalue weighted by Crippen LogP contribution is -2.25. The fourth-order valence-corrected chi connectivity index (χ4v) is 3.02. The molecule has 1 unspecified atom stereocenters. The molecule has 0 aliphatic rings. The van der Waals surface area contributed by atoms with Crippen LogP contribution in [-0.2, 0) is 0 Å². The standard InChI is InChI=1S/C14H25N3O2S/c1-5-17(6-2)9-7-8-10(3)15-14-16-12(13(18)19)11(4)20-14/h10H,5-9H2,1-4H3,(H,15,16)(H,18,19). The van der Waals surface area contributed by atoms with E-state index < -0.39 is 5.97 Å². The number of aromatic nitrogens is 1. The summed E-state index contributed by atoms with van der Waals surface area (Å²) >= 11 is 1.41. The van der Waals surface area contributed by atoms with Crippen molar-refractivity contribution in [2.45, 2.75) is 46.6 Å². The molecule has 1 rings (SSSR count). The van der Waals surface area contributed by atoms with Crippen molar-refractivity contribution in [3.8, 4) is 0 Å². The second kappa shape index (κ2) is 8.21. The highest BCUT2D eigenvalue weighted by atomic mass is 32.1. The second-order valence-corrected chi connectivity index (χ2v) is 6.15. The van der Waals surface area contributed by atoms with Crippen LogP contribution in [0.4, 0.5) is 5.13 Å². The molecule has 0 amide bonds. The Morgan fingerprint density at radius 3 is 2.60 bits per heavy atom. The Hall–Kier alpha value is -1.14. The Kier molecular flexibility index (Phi) is 6.95. The fourth-order valence-electron chi connectivity index (χ4n) is 2.10. The summed E-state index contributed by atoms with van der Waals surface area (Å²) in [7, 11) is 0. The molecule has 1 heterocycles. The molecule has 0 bridgehead atoms. The summed E-state index contributed by atoms with van der Waals surface area (Å²) in [4.78, 5) is 18.2. The first-order valence-corrected chi connectivity index (χ1v) is 7.99. The van der Waals surface area contributed by atoms with Crippen LogP contribution in [0, 0.1) is 6.92 Å². The van der Waals surface area contributed by atoms with Crippen molar-refractivity contribution in [2.24, 2.45) is 0 Å². The largest absolute Gasteiger partial charge is 0.476 e. The van der Waals surface area contributed by atoms with Crippen molar-refractivity contribution in [1.29, 1.82) is 0 Å². The molecule has 0 saturated carbocycles. The van der Waals surface area contributed by atoms with Crippen LogP contribution in [0.1, 0.15) is 49.0 Å². The maximum Gasteiger partial charge on any atom is 0.355 e. The highest BCUT2D eigenvalue weighted by Crippen LogP contribution is 2.23. The van der Waals surface area contributed by atoms with Gasteiger partial charge in [-0.2, -0.15) is 0 Å². The summed E-state index contributed by atoms with van der Waals surface area (Å²) in [6.45, 7) is 11.5. The summed E-state index contributed by atoms with van der Waals surface area (Å²) in [5, 5.41) is 13.0. The molecule has 0 saturated heterocycles. The highest BCUT2D eigenvalue weighted by molar-refractivity contribution is 7.15. The Bertz CT molecular complexity index is 430. The number of aryl methyl sites for hydroxylation is 1. The van der Waals surface area contributed by atoms with Crippen molar-refractivity contribution < 1.29 is 9.90 Å². The van der Waals surface area contributed by atoms with Crippen LogP contribution in [0.2, 0.25) is 0 Å². The number of anilines is 1.